The summed E-state index contributed by atoms with van der Waals surface area (Å²) in [5.74, 6) is 0.617. The van der Waals surface area contributed by atoms with Gasteiger partial charge in [-0.3, -0.25) is 9.59 Å². The number of carbonyl (C=O) groups excluding carboxylic acids is 2. The number of nitrogens with zero attached hydrogens (tertiary/aromatic N) is 1. The van der Waals surface area contributed by atoms with Crippen molar-refractivity contribution in [2.45, 2.75) is 20.0 Å². The van der Waals surface area contributed by atoms with Crippen molar-refractivity contribution >= 4 is 34.8 Å². The summed E-state index contributed by atoms with van der Waals surface area (Å²) in [6, 6.07) is 12.0. The number of fused-ring (bicyclic) bond motifs is 1. The lowest BCUT2D eigenvalue weighted by molar-refractivity contribution is -0.122. The van der Waals surface area contributed by atoms with Crippen molar-refractivity contribution in [1.82, 2.24) is 4.98 Å². The first kappa shape index (κ1) is 18.1. The van der Waals surface area contributed by atoms with Gasteiger partial charge in [-0.15, -0.1) is 0 Å². The summed E-state index contributed by atoms with van der Waals surface area (Å²) in [5.41, 5.74) is 1.89. The number of aryl methyl sites for hydroxylation is 1. The molecule has 1 aliphatic heterocycles. The lowest BCUT2D eigenvalue weighted by atomic mass is 10.2. The maximum absolute atomic E-state index is 12.6. The molecular formula is C20H16ClN3O4. The maximum atomic E-state index is 12.6. The number of ether oxygens (including phenoxy) is 1. The first-order valence-corrected chi connectivity index (χ1v) is 8.95. The minimum absolute atomic E-state index is 0.177. The molecule has 2 heterocycles. The molecular weight excluding hydrogens is 382 g/mol. The molecule has 7 nitrogen and oxygen atoms in total. The van der Waals surface area contributed by atoms with Gasteiger partial charge in [0.05, 0.1) is 5.69 Å². The third kappa shape index (κ3) is 3.44. The van der Waals surface area contributed by atoms with Gasteiger partial charge in [0, 0.05) is 16.3 Å². The van der Waals surface area contributed by atoms with E-state index in [1.807, 2.05) is 0 Å². The van der Waals surface area contributed by atoms with Gasteiger partial charge in [-0.2, -0.15) is 0 Å². The molecule has 0 saturated carbocycles. The predicted molar refractivity (Wildman–Crippen MR) is 105 cm³/mol. The number of nitrogens with one attached hydrogen (secondary N) is 2. The van der Waals surface area contributed by atoms with E-state index in [4.69, 9.17) is 20.8 Å². The minimum Gasteiger partial charge on any atom is -0.479 e. The molecule has 142 valence electrons. The van der Waals surface area contributed by atoms with Crippen LogP contribution in [0.2, 0.25) is 5.02 Å². The Morgan fingerprint density at radius 1 is 1.21 bits per heavy atom. The first-order valence-electron chi connectivity index (χ1n) is 8.57. The molecule has 0 spiro atoms. The Labute approximate surface area is 165 Å². The molecule has 2 N–H and O–H groups in total. The largest absolute Gasteiger partial charge is 0.479 e. The Kier molecular flexibility index (Phi) is 4.52. The van der Waals surface area contributed by atoms with E-state index in [9.17, 15) is 9.59 Å². The maximum Gasteiger partial charge on any atom is 0.277 e. The third-order valence-electron chi connectivity index (χ3n) is 4.27. The van der Waals surface area contributed by atoms with Gasteiger partial charge in [0.25, 0.3) is 11.8 Å². The number of aromatic nitrogens is 1. The topological polar surface area (TPSA) is 93.5 Å². The van der Waals surface area contributed by atoms with Crippen LogP contribution < -0.4 is 15.4 Å². The number of benzene rings is 2. The van der Waals surface area contributed by atoms with Gasteiger partial charge in [-0.25, -0.2) is 4.98 Å². The zero-order chi connectivity index (χ0) is 19.8. The van der Waals surface area contributed by atoms with Gasteiger partial charge in [0.2, 0.25) is 5.89 Å². The fourth-order valence-corrected chi connectivity index (χ4v) is 2.93. The van der Waals surface area contributed by atoms with Gasteiger partial charge >= 0.3 is 0 Å². The Morgan fingerprint density at radius 3 is 2.71 bits per heavy atom. The van der Waals surface area contributed by atoms with Crippen LogP contribution in [0.1, 0.15) is 23.2 Å². The standard InChI is InChI=1S/C20H16ClN3O4/c1-10-17(24-20(28-10)12-3-5-13(21)6-4-12)19(26)22-14-7-8-16-15(9-14)23-18(25)11(2)27-16/h3-9,11H,1-2H3,(H,22,26)(H,23,25). The van der Waals surface area contributed by atoms with E-state index in [2.05, 4.69) is 15.6 Å². The zero-order valence-corrected chi connectivity index (χ0v) is 15.8. The monoisotopic (exact) mass is 397 g/mol. The Balaban J connectivity index is 1.55. The summed E-state index contributed by atoms with van der Waals surface area (Å²) < 4.78 is 11.1. The highest BCUT2D eigenvalue weighted by molar-refractivity contribution is 6.30. The molecule has 28 heavy (non-hydrogen) atoms. The van der Waals surface area contributed by atoms with Crippen LogP contribution in [0.3, 0.4) is 0 Å². The highest BCUT2D eigenvalue weighted by atomic mass is 35.5. The zero-order valence-electron chi connectivity index (χ0n) is 15.1. The van der Waals surface area contributed by atoms with E-state index in [1.54, 1.807) is 56.3 Å². The summed E-state index contributed by atoms with van der Waals surface area (Å²) in [5, 5.41) is 6.10. The molecule has 8 heteroatoms. The summed E-state index contributed by atoms with van der Waals surface area (Å²) in [6.45, 7) is 3.34. The molecule has 2 aromatic carbocycles. The second-order valence-corrected chi connectivity index (χ2v) is 6.78. The number of rotatable bonds is 3. The summed E-state index contributed by atoms with van der Waals surface area (Å²) in [6.07, 6.45) is -0.558. The summed E-state index contributed by atoms with van der Waals surface area (Å²) in [4.78, 5) is 28.7. The normalized spacial score (nSPS) is 15.4. The van der Waals surface area contributed by atoms with Crippen molar-refractivity contribution in [3.05, 3.63) is 58.9 Å². The molecule has 0 saturated heterocycles. The van der Waals surface area contributed by atoms with E-state index >= 15 is 0 Å². The van der Waals surface area contributed by atoms with Crippen molar-refractivity contribution in [2.75, 3.05) is 10.6 Å². The minimum atomic E-state index is -0.558. The smallest absolute Gasteiger partial charge is 0.277 e. The molecule has 1 aromatic heterocycles. The van der Waals surface area contributed by atoms with Gasteiger partial charge < -0.3 is 19.8 Å². The van der Waals surface area contributed by atoms with Crippen LogP contribution in [0.15, 0.2) is 46.9 Å². The molecule has 2 amide bonds. The highest BCUT2D eigenvalue weighted by Gasteiger charge is 2.24. The number of halogens is 1. The van der Waals surface area contributed by atoms with Crippen molar-refractivity contribution in [3.8, 4) is 17.2 Å². The third-order valence-corrected chi connectivity index (χ3v) is 4.52. The van der Waals surface area contributed by atoms with Crippen LogP contribution >= 0.6 is 11.6 Å². The molecule has 1 unspecified atom stereocenters. The number of hydrogen-bond donors (Lipinski definition) is 2. The SMILES string of the molecule is Cc1oc(-c2ccc(Cl)cc2)nc1C(=O)Nc1ccc2c(c1)NC(=O)C(C)O2. The Morgan fingerprint density at radius 2 is 1.96 bits per heavy atom. The second-order valence-electron chi connectivity index (χ2n) is 6.35. The fourth-order valence-electron chi connectivity index (χ4n) is 2.80. The lowest BCUT2D eigenvalue weighted by Crippen LogP contribution is -2.34. The number of carbonyl (C=O) groups is 2. The lowest BCUT2D eigenvalue weighted by Gasteiger charge is -2.23. The van der Waals surface area contributed by atoms with Crippen LogP contribution in [-0.2, 0) is 4.79 Å². The molecule has 0 radical (unpaired) electrons. The number of amides is 2. The Hall–Kier alpha value is -3.32. The van der Waals surface area contributed by atoms with Crippen LogP contribution in [0, 0.1) is 6.92 Å². The number of anilines is 2. The average Bonchev–Trinajstić information content (AvgIpc) is 3.05. The molecule has 4 rings (SSSR count). The quantitative estimate of drug-likeness (QED) is 0.688. The van der Waals surface area contributed by atoms with E-state index in [0.29, 0.717) is 39.4 Å². The number of oxazole rings is 1. The van der Waals surface area contributed by atoms with E-state index in [1.165, 1.54) is 0 Å². The molecule has 1 atom stereocenters. The fraction of sp³-hybridized carbons (Fsp3) is 0.150. The van der Waals surface area contributed by atoms with Gasteiger partial charge in [-0.05, 0) is 56.3 Å². The second kappa shape index (κ2) is 7.01. The van der Waals surface area contributed by atoms with E-state index < -0.39 is 12.0 Å². The van der Waals surface area contributed by atoms with Crippen molar-refractivity contribution in [3.63, 3.8) is 0 Å². The predicted octanol–water partition coefficient (Wildman–Crippen LogP) is 4.28. The number of hydrogen-bond acceptors (Lipinski definition) is 5. The van der Waals surface area contributed by atoms with E-state index in [-0.39, 0.29) is 11.6 Å². The van der Waals surface area contributed by atoms with Gasteiger partial charge in [-0.1, -0.05) is 11.6 Å². The Bertz CT molecular complexity index is 1080. The van der Waals surface area contributed by atoms with Crippen molar-refractivity contribution < 1.29 is 18.7 Å². The molecule has 3 aromatic rings. The summed E-state index contributed by atoms with van der Waals surface area (Å²) >= 11 is 5.89. The van der Waals surface area contributed by atoms with Crippen molar-refractivity contribution in [2.24, 2.45) is 0 Å². The molecule has 1 aliphatic rings. The van der Waals surface area contributed by atoms with Crippen LogP contribution in [0.4, 0.5) is 11.4 Å². The highest BCUT2D eigenvalue weighted by Crippen LogP contribution is 2.32. The average molecular weight is 398 g/mol. The first-order chi connectivity index (χ1) is 13.4. The summed E-state index contributed by atoms with van der Waals surface area (Å²) in [7, 11) is 0. The van der Waals surface area contributed by atoms with E-state index in [0.717, 1.165) is 0 Å². The van der Waals surface area contributed by atoms with Crippen LogP contribution in [0.25, 0.3) is 11.5 Å². The molecule has 0 aliphatic carbocycles. The van der Waals surface area contributed by atoms with Crippen molar-refractivity contribution in [1.29, 1.82) is 0 Å². The molecule has 0 fully saturated rings. The van der Waals surface area contributed by atoms with Gasteiger partial charge in [0.1, 0.15) is 11.5 Å². The van der Waals surface area contributed by atoms with Gasteiger partial charge in [0.15, 0.2) is 11.8 Å². The van der Waals surface area contributed by atoms with Crippen LogP contribution in [-0.4, -0.2) is 22.9 Å². The van der Waals surface area contributed by atoms with Crippen LogP contribution in [0.5, 0.6) is 5.75 Å². The molecule has 0 bridgehead atoms.